The van der Waals surface area contributed by atoms with Gasteiger partial charge in [0.1, 0.15) is 0 Å². The number of nitrogens with one attached hydrogen (secondary N) is 1. The summed E-state index contributed by atoms with van der Waals surface area (Å²) in [5, 5.41) is 3.44. The molecule has 1 aromatic heterocycles. The molecule has 2 heterocycles. The fraction of sp³-hybridized carbons (Fsp3) is 0.615. The van der Waals surface area contributed by atoms with Gasteiger partial charge in [0.15, 0.2) is 5.78 Å². The molecule has 0 radical (unpaired) electrons. The van der Waals surface area contributed by atoms with Crippen molar-refractivity contribution in [2.24, 2.45) is 0 Å². The third-order valence-electron chi connectivity index (χ3n) is 3.26. The number of carbonyl (C=O) groups is 1. The van der Waals surface area contributed by atoms with E-state index in [4.69, 9.17) is 4.74 Å². The van der Waals surface area contributed by atoms with Crippen molar-refractivity contribution in [1.82, 2.24) is 15.3 Å². The van der Waals surface area contributed by atoms with Crippen LogP contribution < -0.4 is 10.1 Å². The van der Waals surface area contributed by atoms with Gasteiger partial charge in [-0.25, -0.2) is 9.97 Å². The molecule has 18 heavy (non-hydrogen) atoms. The zero-order valence-corrected chi connectivity index (χ0v) is 10.7. The number of carbonyl (C=O) groups excluding carboxylic acids is 1. The minimum Gasteiger partial charge on any atom is -0.467 e. The molecule has 0 amide bonds. The first-order valence-electron chi connectivity index (χ1n) is 6.42. The van der Waals surface area contributed by atoms with E-state index < -0.39 is 0 Å². The second-order valence-electron chi connectivity index (χ2n) is 4.57. The van der Waals surface area contributed by atoms with E-state index in [0.29, 0.717) is 24.0 Å². The summed E-state index contributed by atoms with van der Waals surface area (Å²) in [4.78, 5) is 19.8. The molecule has 98 valence electrons. The fourth-order valence-electron chi connectivity index (χ4n) is 2.19. The number of nitrogens with zero attached hydrogens (tertiary/aromatic N) is 2. The van der Waals surface area contributed by atoms with Gasteiger partial charge in [-0.15, -0.1) is 0 Å². The summed E-state index contributed by atoms with van der Waals surface area (Å²) < 4.78 is 4.86. The van der Waals surface area contributed by atoms with Gasteiger partial charge < -0.3 is 10.1 Å². The molecule has 1 aromatic rings. The molecule has 1 aliphatic heterocycles. The highest BCUT2D eigenvalue weighted by molar-refractivity contribution is 5.95. The van der Waals surface area contributed by atoms with Crippen molar-refractivity contribution in [3.05, 3.63) is 18.0 Å². The molecule has 1 aliphatic rings. The molecule has 1 atom stereocenters. The van der Waals surface area contributed by atoms with Crippen LogP contribution in [0.15, 0.2) is 12.4 Å². The van der Waals surface area contributed by atoms with E-state index in [2.05, 4.69) is 15.3 Å². The molecule has 5 heteroatoms. The number of piperidine rings is 1. The van der Waals surface area contributed by atoms with Gasteiger partial charge in [0.05, 0.1) is 12.7 Å². The van der Waals surface area contributed by atoms with E-state index in [1.165, 1.54) is 38.8 Å². The zero-order chi connectivity index (χ0) is 12.8. The summed E-state index contributed by atoms with van der Waals surface area (Å²) >= 11 is 0. The van der Waals surface area contributed by atoms with E-state index in [1.54, 1.807) is 0 Å². The molecule has 0 bridgehead atoms. The van der Waals surface area contributed by atoms with Crippen LogP contribution in [-0.4, -0.2) is 35.4 Å². The molecule has 1 fully saturated rings. The Morgan fingerprint density at radius 2 is 2.22 bits per heavy atom. The molecule has 0 aromatic carbocycles. The van der Waals surface area contributed by atoms with Crippen LogP contribution in [0, 0.1) is 0 Å². The van der Waals surface area contributed by atoms with E-state index in [9.17, 15) is 4.79 Å². The summed E-state index contributed by atoms with van der Waals surface area (Å²) in [6.45, 7) is 1.07. The van der Waals surface area contributed by atoms with E-state index >= 15 is 0 Å². The minimum atomic E-state index is 0.102. The lowest BCUT2D eigenvalue weighted by Gasteiger charge is -2.22. The summed E-state index contributed by atoms with van der Waals surface area (Å²) in [6, 6.07) is 0.780. The van der Waals surface area contributed by atoms with E-state index in [1.807, 2.05) is 0 Å². The fourth-order valence-corrected chi connectivity index (χ4v) is 2.19. The Hall–Kier alpha value is -1.49. The van der Waals surface area contributed by atoms with Crippen LogP contribution in [0.2, 0.25) is 0 Å². The Morgan fingerprint density at radius 1 is 1.44 bits per heavy atom. The highest BCUT2D eigenvalue weighted by Crippen LogP contribution is 2.14. The average molecular weight is 249 g/mol. The number of hydrogen-bond donors (Lipinski definition) is 1. The lowest BCUT2D eigenvalue weighted by Crippen LogP contribution is -2.34. The molecule has 1 saturated heterocycles. The number of Topliss-reactive ketones (excluding diaryl/α,β-unsaturated/α-hetero) is 1. The molecule has 5 nitrogen and oxygen atoms in total. The normalized spacial score (nSPS) is 19.5. The molecule has 0 aliphatic carbocycles. The number of hydrogen-bond acceptors (Lipinski definition) is 5. The largest absolute Gasteiger partial charge is 0.467 e. The standard InChI is InChI=1S/C13H19N3O2/c1-18-13-15-8-10(9-16-13)12(17)6-5-11-4-2-3-7-14-11/h8-9,11,14H,2-7H2,1H3. The maximum Gasteiger partial charge on any atom is 0.316 e. The first-order valence-corrected chi connectivity index (χ1v) is 6.42. The van der Waals surface area contributed by atoms with Crippen molar-refractivity contribution >= 4 is 5.78 Å². The van der Waals surface area contributed by atoms with Crippen LogP contribution in [-0.2, 0) is 0 Å². The van der Waals surface area contributed by atoms with Crippen molar-refractivity contribution in [2.45, 2.75) is 38.1 Å². The van der Waals surface area contributed by atoms with Crippen molar-refractivity contribution in [1.29, 1.82) is 0 Å². The van der Waals surface area contributed by atoms with Crippen LogP contribution in [0.25, 0.3) is 0 Å². The highest BCUT2D eigenvalue weighted by atomic mass is 16.5. The van der Waals surface area contributed by atoms with Crippen LogP contribution in [0.4, 0.5) is 0 Å². The lowest BCUT2D eigenvalue weighted by atomic mass is 9.98. The van der Waals surface area contributed by atoms with Gasteiger partial charge >= 0.3 is 6.01 Å². The van der Waals surface area contributed by atoms with Gasteiger partial charge in [-0.2, -0.15) is 0 Å². The maximum absolute atomic E-state index is 11.9. The van der Waals surface area contributed by atoms with Crippen molar-refractivity contribution in [3.8, 4) is 6.01 Å². The average Bonchev–Trinajstić information content (AvgIpc) is 2.46. The summed E-state index contributed by atoms with van der Waals surface area (Å²) in [5.74, 6) is 0.102. The highest BCUT2D eigenvalue weighted by Gasteiger charge is 2.15. The van der Waals surface area contributed by atoms with Crippen LogP contribution in [0.5, 0.6) is 6.01 Å². The molecule has 1 N–H and O–H groups in total. The molecular weight excluding hydrogens is 230 g/mol. The molecular formula is C13H19N3O2. The number of ketones is 1. The molecule has 1 unspecified atom stereocenters. The molecule has 0 spiro atoms. The van der Waals surface area contributed by atoms with Crippen molar-refractivity contribution in [3.63, 3.8) is 0 Å². The number of methoxy groups -OCH3 is 1. The third-order valence-corrected chi connectivity index (χ3v) is 3.26. The SMILES string of the molecule is COc1ncc(C(=O)CCC2CCCCN2)cn1. The van der Waals surface area contributed by atoms with Gasteiger partial charge in [-0.05, 0) is 25.8 Å². The first kappa shape index (κ1) is 13.0. The second-order valence-corrected chi connectivity index (χ2v) is 4.57. The Kier molecular flexibility index (Phi) is 4.64. The Labute approximate surface area is 107 Å². The van der Waals surface area contributed by atoms with Crippen molar-refractivity contribution < 1.29 is 9.53 Å². The summed E-state index contributed by atoms with van der Waals surface area (Å²) in [5.41, 5.74) is 0.562. The predicted octanol–water partition coefficient (Wildman–Crippen LogP) is 1.59. The zero-order valence-electron chi connectivity index (χ0n) is 10.7. The number of aromatic nitrogens is 2. The van der Waals surface area contributed by atoms with Crippen LogP contribution in [0.3, 0.4) is 0 Å². The predicted molar refractivity (Wildman–Crippen MR) is 67.8 cm³/mol. The molecule has 2 rings (SSSR count). The Morgan fingerprint density at radius 3 is 2.83 bits per heavy atom. The topological polar surface area (TPSA) is 64.1 Å². The van der Waals surface area contributed by atoms with E-state index in [-0.39, 0.29) is 5.78 Å². The molecule has 0 saturated carbocycles. The van der Waals surface area contributed by atoms with Gasteiger partial charge in [0, 0.05) is 24.9 Å². The third kappa shape index (κ3) is 3.50. The smallest absolute Gasteiger partial charge is 0.316 e. The number of ether oxygens (including phenoxy) is 1. The van der Waals surface area contributed by atoms with E-state index in [0.717, 1.165) is 13.0 Å². The first-order chi connectivity index (χ1) is 8.79. The monoisotopic (exact) mass is 249 g/mol. The summed E-state index contributed by atoms with van der Waals surface area (Å²) in [6.07, 6.45) is 8.18. The van der Waals surface area contributed by atoms with Gasteiger partial charge in [-0.3, -0.25) is 4.79 Å². The Bertz CT molecular complexity index is 386. The van der Waals surface area contributed by atoms with Crippen molar-refractivity contribution in [2.75, 3.05) is 13.7 Å². The number of rotatable bonds is 5. The maximum atomic E-state index is 11.9. The minimum absolute atomic E-state index is 0.102. The van der Waals surface area contributed by atoms with Gasteiger partial charge in [-0.1, -0.05) is 6.42 Å². The quantitative estimate of drug-likeness (QED) is 0.803. The van der Waals surface area contributed by atoms with Crippen LogP contribution in [0.1, 0.15) is 42.5 Å². The second kappa shape index (κ2) is 6.44. The summed E-state index contributed by atoms with van der Waals surface area (Å²) in [7, 11) is 1.51. The lowest BCUT2D eigenvalue weighted by molar-refractivity contribution is 0.0973. The van der Waals surface area contributed by atoms with Gasteiger partial charge in [0.2, 0.25) is 0 Å². The van der Waals surface area contributed by atoms with Gasteiger partial charge in [0.25, 0.3) is 0 Å². The van der Waals surface area contributed by atoms with Crippen LogP contribution >= 0.6 is 0 Å². The Balaban J connectivity index is 1.82.